The van der Waals surface area contributed by atoms with E-state index in [-0.39, 0.29) is 24.7 Å². The number of hydrogen-bond acceptors (Lipinski definition) is 10. The first-order valence-corrected chi connectivity index (χ1v) is 13.6. The Morgan fingerprint density at radius 3 is 1.93 bits per heavy atom. The summed E-state index contributed by atoms with van der Waals surface area (Å²) >= 11 is 0. The highest BCUT2D eigenvalue weighted by molar-refractivity contribution is 5.89. The largest absolute Gasteiger partial charge is 0.443 e. The third-order valence-electron chi connectivity index (χ3n) is 5.39. The number of anilines is 1. The van der Waals surface area contributed by atoms with Crippen LogP contribution in [0.1, 0.15) is 62.3 Å². The van der Waals surface area contributed by atoms with E-state index in [4.69, 9.17) is 14.2 Å². The van der Waals surface area contributed by atoms with Crippen LogP contribution in [0.2, 0.25) is 0 Å². The SMILES string of the molecule is CC(C)(C)OC(=O)N(CCN(C(=O)OC(C)(C)C)c1nccc(-n2ccc3cc([N+](=O)[O-])ccc32)n1)C(=O)OC(C)(C)C. The number of hydrogen-bond donors (Lipinski definition) is 0. The lowest BCUT2D eigenvalue weighted by atomic mass is 10.2. The fourth-order valence-corrected chi connectivity index (χ4v) is 3.73. The van der Waals surface area contributed by atoms with Gasteiger partial charge in [-0.2, -0.15) is 4.98 Å². The van der Waals surface area contributed by atoms with E-state index in [2.05, 4.69) is 9.97 Å². The lowest BCUT2D eigenvalue weighted by molar-refractivity contribution is -0.384. The summed E-state index contributed by atoms with van der Waals surface area (Å²) in [6.07, 6.45) is 0.407. The molecule has 0 saturated heterocycles. The number of amides is 3. The molecule has 0 aliphatic heterocycles. The predicted octanol–water partition coefficient (Wildman–Crippen LogP) is 6.24. The minimum Gasteiger partial charge on any atom is -0.443 e. The lowest BCUT2D eigenvalue weighted by Gasteiger charge is -2.30. The number of aromatic nitrogens is 3. The van der Waals surface area contributed by atoms with E-state index < -0.39 is 40.0 Å². The molecular formula is C29H38N6O8. The van der Waals surface area contributed by atoms with Crippen LogP contribution in [0.15, 0.2) is 42.7 Å². The number of carbonyl (C=O) groups excluding carboxylic acids is 3. The van der Waals surface area contributed by atoms with E-state index in [1.165, 1.54) is 18.3 Å². The maximum atomic E-state index is 13.4. The van der Waals surface area contributed by atoms with E-state index in [1.54, 1.807) is 91.3 Å². The smallest absolute Gasteiger partial charge is 0.419 e. The summed E-state index contributed by atoms with van der Waals surface area (Å²) in [6.45, 7) is 14.5. The molecule has 2 heterocycles. The van der Waals surface area contributed by atoms with Gasteiger partial charge in [-0.05, 0) is 80.5 Å². The average Bonchev–Trinajstić information content (AvgIpc) is 3.26. The second kappa shape index (κ2) is 12.2. The highest BCUT2D eigenvalue weighted by Gasteiger charge is 2.33. The van der Waals surface area contributed by atoms with E-state index in [0.717, 1.165) is 9.80 Å². The van der Waals surface area contributed by atoms with Gasteiger partial charge in [0.25, 0.3) is 5.69 Å². The van der Waals surface area contributed by atoms with Gasteiger partial charge >= 0.3 is 18.3 Å². The van der Waals surface area contributed by atoms with Crippen LogP contribution in [-0.2, 0) is 14.2 Å². The molecule has 1 aromatic carbocycles. The Labute approximate surface area is 249 Å². The molecule has 14 nitrogen and oxygen atoms in total. The van der Waals surface area contributed by atoms with Gasteiger partial charge < -0.3 is 18.8 Å². The molecule has 43 heavy (non-hydrogen) atoms. The van der Waals surface area contributed by atoms with Crippen molar-refractivity contribution in [2.75, 3.05) is 18.0 Å². The number of carbonyl (C=O) groups is 3. The predicted molar refractivity (Wildman–Crippen MR) is 158 cm³/mol. The van der Waals surface area contributed by atoms with Gasteiger partial charge in [0.1, 0.15) is 22.6 Å². The van der Waals surface area contributed by atoms with Crippen molar-refractivity contribution in [2.45, 2.75) is 79.1 Å². The minimum atomic E-state index is -0.950. The van der Waals surface area contributed by atoms with Gasteiger partial charge in [-0.15, -0.1) is 0 Å². The van der Waals surface area contributed by atoms with Crippen LogP contribution in [-0.4, -0.2) is 72.5 Å². The number of nitrogens with zero attached hydrogens (tertiary/aromatic N) is 6. The standard InChI is InChI=1S/C29H38N6O8/c1-27(2,3)41-24(36)33(16-17-34(25(37)42-28(4,5)6)26(38)43-29(7,8)9)23-30-14-12-22(31-23)32-15-13-19-18-20(35(39)40)10-11-21(19)32/h10-15,18H,16-17H2,1-9H3. The summed E-state index contributed by atoms with van der Waals surface area (Å²) in [5.41, 5.74) is -2.10. The Morgan fingerprint density at radius 2 is 1.40 bits per heavy atom. The maximum absolute atomic E-state index is 13.4. The molecule has 0 radical (unpaired) electrons. The molecule has 2 aromatic heterocycles. The van der Waals surface area contributed by atoms with Gasteiger partial charge in [0.05, 0.1) is 23.5 Å². The number of nitro benzene ring substituents is 1. The maximum Gasteiger partial charge on any atom is 0.419 e. The molecule has 0 N–H and O–H groups in total. The number of non-ortho nitro benzene ring substituents is 1. The molecule has 232 valence electrons. The van der Waals surface area contributed by atoms with Crippen molar-refractivity contribution in [1.82, 2.24) is 19.4 Å². The third kappa shape index (κ3) is 9.12. The lowest BCUT2D eigenvalue weighted by Crippen LogP contribution is -2.48. The van der Waals surface area contributed by atoms with Crippen molar-refractivity contribution >= 4 is 40.8 Å². The van der Waals surface area contributed by atoms with Crippen LogP contribution in [0.25, 0.3) is 16.7 Å². The molecule has 0 bridgehead atoms. The summed E-state index contributed by atoms with van der Waals surface area (Å²) in [5, 5.41) is 11.8. The monoisotopic (exact) mass is 598 g/mol. The Balaban J connectivity index is 2.00. The number of benzene rings is 1. The molecule has 0 saturated carbocycles. The zero-order chi connectivity index (χ0) is 32.3. The molecule has 0 unspecified atom stereocenters. The fraction of sp³-hybridized carbons (Fsp3) is 0.483. The first-order chi connectivity index (χ1) is 19.7. The Morgan fingerprint density at radius 1 is 0.837 bits per heavy atom. The molecule has 3 rings (SSSR count). The van der Waals surface area contributed by atoms with Crippen LogP contribution < -0.4 is 4.90 Å². The third-order valence-corrected chi connectivity index (χ3v) is 5.39. The molecule has 0 atom stereocenters. The number of ether oxygens (including phenoxy) is 3. The zero-order valence-corrected chi connectivity index (χ0v) is 25.9. The van der Waals surface area contributed by atoms with Crippen LogP contribution in [0.4, 0.5) is 26.0 Å². The molecule has 0 fully saturated rings. The first-order valence-electron chi connectivity index (χ1n) is 13.6. The minimum absolute atomic E-state index is 0.0516. The molecule has 3 amide bonds. The molecule has 0 spiro atoms. The van der Waals surface area contributed by atoms with Crippen LogP contribution in [0.3, 0.4) is 0 Å². The number of nitro groups is 1. The Hall–Kier alpha value is -4.75. The normalized spacial score (nSPS) is 12.0. The highest BCUT2D eigenvalue weighted by Crippen LogP contribution is 2.25. The summed E-state index contributed by atoms with van der Waals surface area (Å²) in [4.78, 5) is 60.8. The topological polar surface area (TPSA) is 159 Å². The summed E-state index contributed by atoms with van der Waals surface area (Å²) < 4.78 is 18.1. The second-order valence-electron chi connectivity index (χ2n) is 12.6. The molecule has 0 aliphatic rings. The van der Waals surface area contributed by atoms with Gasteiger partial charge in [0.15, 0.2) is 0 Å². The molecule has 0 aliphatic carbocycles. The fourth-order valence-electron chi connectivity index (χ4n) is 3.73. The highest BCUT2D eigenvalue weighted by atomic mass is 16.6. The Kier molecular flexibility index (Phi) is 9.32. The van der Waals surface area contributed by atoms with Crippen molar-refractivity contribution in [1.29, 1.82) is 0 Å². The quantitative estimate of drug-likeness (QED) is 0.180. The number of imide groups is 1. The van der Waals surface area contributed by atoms with Gasteiger partial charge in [-0.3, -0.25) is 10.1 Å². The van der Waals surface area contributed by atoms with Crippen molar-refractivity contribution in [3.8, 4) is 5.82 Å². The molecule has 14 heteroatoms. The van der Waals surface area contributed by atoms with Crippen molar-refractivity contribution in [2.24, 2.45) is 0 Å². The summed E-state index contributed by atoms with van der Waals surface area (Å²) in [7, 11) is 0. The van der Waals surface area contributed by atoms with E-state index in [9.17, 15) is 24.5 Å². The van der Waals surface area contributed by atoms with Gasteiger partial charge in [0, 0.05) is 29.9 Å². The van der Waals surface area contributed by atoms with Crippen molar-refractivity contribution in [3.05, 3.63) is 52.8 Å². The molecule has 3 aromatic rings. The zero-order valence-electron chi connectivity index (χ0n) is 25.9. The van der Waals surface area contributed by atoms with Crippen molar-refractivity contribution in [3.63, 3.8) is 0 Å². The number of rotatable bonds is 6. The van der Waals surface area contributed by atoms with Crippen LogP contribution >= 0.6 is 0 Å². The van der Waals surface area contributed by atoms with Crippen molar-refractivity contribution < 1.29 is 33.5 Å². The number of fused-ring (bicyclic) bond motifs is 1. The first kappa shape index (κ1) is 32.8. The molecular weight excluding hydrogens is 560 g/mol. The summed E-state index contributed by atoms with van der Waals surface area (Å²) in [5.74, 6) is 0.294. The van der Waals surface area contributed by atoms with Gasteiger partial charge in [0.2, 0.25) is 5.95 Å². The van der Waals surface area contributed by atoms with E-state index >= 15 is 0 Å². The van der Waals surface area contributed by atoms with E-state index in [0.29, 0.717) is 16.7 Å². The van der Waals surface area contributed by atoms with E-state index in [1.807, 2.05) is 0 Å². The van der Waals surface area contributed by atoms with Gasteiger partial charge in [-0.25, -0.2) is 29.2 Å². The Bertz CT molecular complexity index is 1490. The second-order valence-corrected chi connectivity index (χ2v) is 12.6. The van der Waals surface area contributed by atoms with Gasteiger partial charge in [-0.1, -0.05) is 0 Å². The average molecular weight is 599 g/mol. The summed E-state index contributed by atoms with van der Waals surface area (Å²) in [6, 6.07) is 7.74. The van der Waals surface area contributed by atoms with Crippen LogP contribution in [0.5, 0.6) is 0 Å². The van der Waals surface area contributed by atoms with Crippen LogP contribution in [0, 0.1) is 10.1 Å².